The Balaban J connectivity index is 1.59. The minimum Gasteiger partial charge on any atom is -0.350 e. The highest BCUT2D eigenvalue weighted by Crippen LogP contribution is 2.18. The summed E-state index contributed by atoms with van der Waals surface area (Å²) >= 11 is 0. The zero-order valence-electron chi connectivity index (χ0n) is 15.4. The fourth-order valence-corrected chi connectivity index (χ4v) is 3.30. The van der Waals surface area contributed by atoms with Crippen LogP contribution in [0.2, 0.25) is 0 Å². The molecule has 0 aliphatic carbocycles. The lowest BCUT2D eigenvalue weighted by Gasteiger charge is -2.18. The van der Waals surface area contributed by atoms with Crippen LogP contribution < -0.4 is 10.6 Å². The van der Waals surface area contributed by atoms with Gasteiger partial charge in [-0.2, -0.15) is 0 Å². The summed E-state index contributed by atoms with van der Waals surface area (Å²) in [4.78, 5) is 28.5. The number of fused-ring (bicyclic) bond motifs is 1. The fraction of sp³-hybridized carbons (Fsp3) is 0.450. The Labute approximate surface area is 154 Å². The van der Waals surface area contributed by atoms with E-state index in [0.29, 0.717) is 6.54 Å². The molecule has 0 saturated carbocycles. The number of nitrogens with zero attached hydrogens (tertiary/aromatic N) is 2. The molecule has 1 aliphatic heterocycles. The van der Waals surface area contributed by atoms with Crippen LogP contribution in [-0.2, 0) is 29.1 Å². The van der Waals surface area contributed by atoms with E-state index in [1.807, 2.05) is 37.4 Å². The van der Waals surface area contributed by atoms with Crippen molar-refractivity contribution in [2.24, 2.45) is 0 Å². The molecule has 26 heavy (non-hydrogen) atoms. The largest absolute Gasteiger partial charge is 0.350 e. The smallest absolute Gasteiger partial charge is 0.222 e. The molecule has 6 nitrogen and oxygen atoms in total. The predicted octanol–water partition coefficient (Wildman–Crippen LogP) is 2.41. The summed E-state index contributed by atoms with van der Waals surface area (Å²) in [5.74, 6) is 0.858. The number of aromatic nitrogens is 2. The Bertz CT molecular complexity index is 756. The molecule has 1 atom stereocenters. The maximum atomic E-state index is 12.4. The lowest BCUT2D eigenvalue weighted by atomic mass is 10.0. The van der Waals surface area contributed by atoms with E-state index < -0.39 is 0 Å². The molecule has 1 aliphatic rings. The van der Waals surface area contributed by atoms with Gasteiger partial charge < -0.3 is 15.2 Å². The van der Waals surface area contributed by atoms with Gasteiger partial charge in [-0.15, -0.1) is 0 Å². The average molecular weight is 354 g/mol. The van der Waals surface area contributed by atoms with Crippen molar-refractivity contribution in [3.05, 3.63) is 53.1 Å². The molecule has 0 spiro atoms. The molecule has 0 bridgehead atoms. The maximum absolute atomic E-state index is 12.4. The summed E-state index contributed by atoms with van der Waals surface area (Å²) in [5, 5.41) is 5.79. The van der Waals surface area contributed by atoms with Crippen LogP contribution >= 0.6 is 0 Å². The molecule has 6 heteroatoms. The quantitative estimate of drug-likeness (QED) is 0.836. The number of hydrogen-bond acceptors (Lipinski definition) is 3. The highest BCUT2D eigenvalue weighted by Gasteiger charge is 2.18. The molecular formula is C20H26N4O2. The zero-order chi connectivity index (χ0) is 18.5. The Hall–Kier alpha value is -2.63. The van der Waals surface area contributed by atoms with Crippen molar-refractivity contribution >= 4 is 11.8 Å². The monoisotopic (exact) mass is 354 g/mol. The number of aryl methyl sites for hydroxylation is 3. The van der Waals surface area contributed by atoms with Gasteiger partial charge in [-0.1, -0.05) is 29.8 Å². The van der Waals surface area contributed by atoms with Crippen LogP contribution in [0, 0.1) is 6.92 Å². The van der Waals surface area contributed by atoms with Crippen molar-refractivity contribution < 1.29 is 9.59 Å². The van der Waals surface area contributed by atoms with Crippen molar-refractivity contribution in [3.63, 3.8) is 0 Å². The van der Waals surface area contributed by atoms with Crippen LogP contribution in [0.25, 0.3) is 0 Å². The summed E-state index contributed by atoms with van der Waals surface area (Å²) in [7, 11) is 0. The third-order valence-corrected chi connectivity index (χ3v) is 4.67. The second kappa shape index (κ2) is 8.17. The minimum atomic E-state index is -0.330. The number of hydrogen-bond donors (Lipinski definition) is 2. The molecule has 0 radical (unpaired) electrons. The maximum Gasteiger partial charge on any atom is 0.222 e. The van der Waals surface area contributed by atoms with E-state index in [1.54, 1.807) is 0 Å². The molecule has 3 rings (SSSR count). The molecule has 1 aromatic carbocycles. The molecular weight excluding hydrogens is 328 g/mol. The van der Waals surface area contributed by atoms with Gasteiger partial charge >= 0.3 is 0 Å². The van der Waals surface area contributed by atoms with Crippen LogP contribution in [0.4, 0.5) is 0 Å². The highest BCUT2D eigenvalue weighted by atomic mass is 16.2. The van der Waals surface area contributed by atoms with Crippen molar-refractivity contribution in [1.82, 2.24) is 20.2 Å². The van der Waals surface area contributed by atoms with Crippen molar-refractivity contribution in [1.29, 1.82) is 0 Å². The molecule has 0 fully saturated rings. The third-order valence-electron chi connectivity index (χ3n) is 4.67. The van der Waals surface area contributed by atoms with Crippen LogP contribution in [0.3, 0.4) is 0 Å². The van der Waals surface area contributed by atoms with Crippen molar-refractivity contribution in [3.8, 4) is 0 Å². The summed E-state index contributed by atoms with van der Waals surface area (Å²) in [6.45, 7) is 4.90. The number of rotatable bonds is 6. The number of nitrogens with one attached hydrogen (secondary N) is 2. The second-order valence-electron chi connectivity index (χ2n) is 6.94. The summed E-state index contributed by atoms with van der Waals surface area (Å²) in [5.41, 5.74) is 2.96. The Morgan fingerprint density at radius 1 is 1.23 bits per heavy atom. The van der Waals surface area contributed by atoms with Crippen molar-refractivity contribution in [2.45, 2.75) is 58.7 Å². The molecule has 2 heterocycles. The molecule has 0 saturated heterocycles. The van der Waals surface area contributed by atoms with Gasteiger partial charge in [0.1, 0.15) is 5.82 Å². The van der Waals surface area contributed by atoms with Crippen LogP contribution in [-0.4, -0.2) is 21.4 Å². The zero-order valence-corrected chi connectivity index (χ0v) is 15.4. The van der Waals surface area contributed by atoms with Crippen LogP contribution in [0.5, 0.6) is 0 Å². The standard InChI is InChI=1S/C20H26N4O2/c1-14-6-8-16(9-7-14)18(22-15(2)25)11-20(26)21-12-17-13-24-10-4-3-5-19(24)23-17/h6-9,13,18H,3-5,10-12H2,1-2H3,(H,21,26)(H,22,25). The molecule has 1 aromatic heterocycles. The van der Waals surface area contributed by atoms with E-state index in [4.69, 9.17) is 0 Å². The van der Waals surface area contributed by atoms with Gasteiger partial charge in [-0.3, -0.25) is 9.59 Å². The Kier molecular flexibility index (Phi) is 5.71. The Morgan fingerprint density at radius 2 is 2.00 bits per heavy atom. The lowest BCUT2D eigenvalue weighted by Crippen LogP contribution is -2.32. The van der Waals surface area contributed by atoms with E-state index in [9.17, 15) is 9.59 Å². The van der Waals surface area contributed by atoms with E-state index >= 15 is 0 Å². The summed E-state index contributed by atoms with van der Waals surface area (Å²) in [6.07, 6.45) is 5.60. The normalized spacial score (nSPS) is 14.4. The van der Waals surface area contributed by atoms with Gasteiger partial charge in [0.15, 0.2) is 0 Å². The van der Waals surface area contributed by atoms with Gasteiger partial charge in [0.05, 0.1) is 24.7 Å². The number of carbonyl (C=O) groups excluding carboxylic acids is 2. The second-order valence-corrected chi connectivity index (χ2v) is 6.94. The number of benzene rings is 1. The lowest BCUT2D eigenvalue weighted by molar-refractivity contribution is -0.122. The van der Waals surface area contributed by atoms with Crippen molar-refractivity contribution in [2.75, 3.05) is 0 Å². The van der Waals surface area contributed by atoms with E-state index in [2.05, 4.69) is 20.2 Å². The first-order valence-corrected chi connectivity index (χ1v) is 9.16. The minimum absolute atomic E-state index is 0.102. The van der Waals surface area contributed by atoms with Gasteiger partial charge in [0.25, 0.3) is 0 Å². The molecule has 1 unspecified atom stereocenters. The predicted molar refractivity (Wildman–Crippen MR) is 99.4 cm³/mol. The molecule has 138 valence electrons. The third kappa shape index (κ3) is 4.71. The first kappa shape index (κ1) is 18.2. The molecule has 2 amide bonds. The molecule has 2 aromatic rings. The first-order chi connectivity index (χ1) is 12.5. The number of carbonyl (C=O) groups is 2. The van der Waals surface area contributed by atoms with Gasteiger partial charge in [0.2, 0.25) is 11.8 Å². The summed E-state index contributed by atoms with van der Waals surface area (Å²) < 4.78 is 2.18. The number of imidazole rings is 1. The first-order valence-electron chi connectivity index (χ1n) is 9.16. The topological polar surface area (TPSA) is 76.0 Å². The Morgan fingerprint density at radius 3 is 2.69 bits per heavy atom. The average Bonchev–Trinajstić information content (AvgIpc) is 3.03. The van der Waals surface area contributed by atoms with Gasteiger partial charge in [-0.25, -0.2) is 4.98 Å². The SMILES string of the molecule is CC(=O)NC(CC(=O)NCc1cn2c(n1)CCCC2)c1ccc(C)cc1. The van der Waals surface area contributed by atoms with Crippen LogP contribution in [0.1, 0.15) is 54.9 Å². The fourth-order valence-electron chi connectivity index (χ4n) is 3.30. The molecule has 2 N–H and O–H groups in total. The summed E-state index contributed by atoms with van der Waals surface area (Å²) in [6, 6.07) is 7.54. The van der Waals surface area contributed by atoms with Crippen LogP contribution in [0.15, 0.2) is 30.5 Å². The van der Waals surface area contributed by atoms with Gasteiger partial charge in [0, 0.05) is 26.1 Å². The highest BCUT2D eigenvalue weighted by molar-refractivity contribution is 5.79. The number of amides is 2. The van der Waals surface area contributed by atoms with E-state index in [-0.39, 0.29) is 24.3 Å². The van der Waals surface area contributed by atoms with Gasteiger partial charge in [-0.05, 0) is 25.3 Å². The van der Waals surface area contributed by atoms with E-state index in [0.717, 1.165) is 35.6 Å². The van der Waals surface area contributed by atoms with E-state index in [1.165, 1.54) is 19.8 Å².